The Morgan fingerprint density at radius 3 is 2.71 bits per heavy atom. The first-order valence-electron chi connectivity index (χ1n) is 6.89. The summed E-state index contributed by atoms with van der Waals surface area (Å²) in [6.07, 6.45) is 6.54. The van der Waals surface area contributed by atoms with Crippen molar-refractivity contribution in [3.8, 4) is 0 Å². The molecule has 0 aliphatic carbocycles. The molecule has 1 unspecified atom stereocenters. The summed E-state index contributed by atoms with van der Waals surface area (Å²) in [5, 5.41) is 0. The lowest BCUT2D eigenvalue weighted by atomic mass is 9.80. The van der Waals surface area contributed by atoms with Crippen LogP contribution in [0.5, 0.6) is 0 Å². The van der Waals surface area contributed by atoms with Gasteiger partial charge in [0.2, 0.25) is 5.95 Å². The number of aromatic nitrogens is 1. The first kappa shape index (κ1) is 17.2. The van der Waals surface area contributed by atoms with Crippen LogP contribution in [0.4, 0.5) is 14.5 Å². The largest absolute Gasteiger partial charge is 0.259 e. The molecule has 0 radical (unpaired) electrons. The Bertz CT molecular complexity index is 548. The van der Waals surface area contributed by atoms with Crippen LogP contribution in [0.2, 0.25) is 0 Å². The summed E-state index contributed by atoms with van der Waals surface area (Å²) in [6, 6.07) is 1.02. The maximum Gasteiger partial charge on any atom is 0.249 e. The van der Waals surface area contributed by atoms with E-state index in [9.17, 15) is 8.78 Å². The molecule has 1 atom stereocenters. The van der Waals surface area contributed by atoms with Gasteiger partial charge in [0, 0.05) is 18.2 Å². The molecule has 0 aliphatic rings. The van der Waals surface area contributed by atoms with Crippen molar-refractivity contribution in [1.82, 2.24) is 4.98 Å². The van der Waals surface area contributed by atoms with Crippen LogP contribution in [0.15, 0.2) is 42.1 Å². The molecule has 0 aromatic carbocycles. The second kappa shape index (κ2) is 7.25. The lowest BCUT2D eigenvalue weighted by molar-refractivity contribution is 0.361. The molecule has 1 aromatic rings. The Kier molecular flexibility index (Phi) is 5.94. The number of halogens is 2. The molecule has 0 bridgehead atoms. The van der Waals surface area contributed by atoms with Gasteiger partial charge in [0.25, 0.3) is 0 Å². The second-order valence-electron chi connectivity index (χ2n) is 6.03. The van der Waals surface area contributed by atoms with Crippen molar-refractivity contribution < 1.29 is 8.78 Å². The van der Waals surface area contributed by atoms with E-state index >= 15 is 0 Å². The fourth-order valence-corrected chi connectivity index (χ4v) is 2.02. The van der Waals surface area contributed by atoms with Gasteiger partial charge in [-0.1, -0.05) is 39.0 Å². The zero-order valence-corrected chi connectivity index (χ0v) is 12.9. The fraction of sp³-hybridized carbons (Fsp3) is 0.412. The van der Waals surface area contributed by atoms with E-state index < -0.39 is 11.8 Å². The molecule has 1 aromatic heterocycles. The van der Waals surface area contributed by atoms with Gasteiger partial charge in [-0.3, -0.25) is 4.99 Å². The number of rotatable bonds is 7. The molecule has 0 amide bonds. The van der Waals surface area contributed by atoms with Crippen molar-refractivity contribution in [2.45, 2.75) is 33.6 Å². The van der Waals surface area contributed by atoms with Gasteiger partial charge in [0.1, 0.15) is 0 Å². The van der Waals surface area contributed by atoms with E-state index in [1.165, 1.54) is 6.20 Å². The van der Waals surface area contributed by atoms with E-state index in [4.69, 9.17) is 0 Å². The van der Waals surface area contributed by atoms with Crippen LogP contribution in [-0.4, -0.2) is 11.2 Å². The molecule has 0 saturated carbocycles. The van der Waals surface area contributed by atoms with Gasteiger partial charge in [-0.05, 0) is 18.3 Å². The Balaban J connectivity index is 2.69. The second-order valence-corrected chi connectivity index (χ2v) is 6.03. The van der Waals surface area contributed by atoms with Crippen LogP contribution in [0.3, 0.4) is 0 Å². The van der Waals surface area contributed by atoms with Gasteiger partial charge in [0.15, 0.2) is 5.82 Å². The average molecular weight is 292 g/mol. The molecule has 1 heterocycles. The van der Waals surface area contributed by atoms with Crippen LogP contribution in [0.25, 0.3) is 0 Å². The summed E-state index contributed by atoms with van der Waals surface area (Å²) >= 11 is 0. The third kappa shape index (κ3) is 5.58. The summed E-state index contributed by atoms with van der Waals surface area (Å²) in [7, 11) is 0. The lowest BCUT2D eigenvalue weighted by Gasteiger charge is -2.25. The normalized spacial score (nSPS) is 13.4. The van der Waals surface area contributed by atoms with Gasteiger partial charge in [-0.2, -0.15) is 4.39 Å². The number of pyridine rings is 1. The molecule has 1 rings (SSSR count). The molecular formula is C17H22F2N2. The Morgan fingerprint density at radius 1 is 1.48 bits per heavy atom. The molecule has 0 saturated heterocycles. The third-order valence-electron chi connectivity index (χ3n) is 3.28. The summed E-state index contributed by atoms with van der Waals surface area (Å²) in [6.45, 7) is 14.1. The summed E-state index contributed by atoms with van der Waals surface area (Å²) in [5.41, 5.74) is 1.44. The Labute approximate surface area is 125 Å². The number of aliphatic imine (C=N–C) groups is 1. The van der Waals surface area contributed by atoms with E-state index in [2.05, 4.69) is 37.0 Å². The van der Waals surface area contributed by atoms with Gasteiger partial charge in [-0.15, -0.1) is 6.58 Å². The number of hydrogen-bond donors (Lipinski definition) is 0. The minimum absolute atomic E-state index is 0.0437. The van der Waals surface area contributed by atoms with Crippen molar-refractivity contribution in [3.63, 3.8) is 0 Å². The molecule has 2 nitrogen and oxygen atoms in total. The fourth-order valence-electron chi connectivity index (χ4n) is 2.02. The molecule has 21 heavy (non-hydrogen) atoms. The average Bonchev–Trinajstić information content (AvgIpc) is 2.39. The van der Waals surface area contributed by atoms with Crippen LogP contribution >= 0.6 is 0 Å². The molecular weight excluding hydrogens is 270 g/mol. The first-order chi connectivity index (χ1) is 9.75. The Morgan fingerprint density at radius 2 is 2.14 bits per heavy atom. The number of allylic oxidation sites excluding steroid dienone is 2. The highest BCUT2D eigenvalue weighted by Crippen LogP contribution is 2.31. The highest BCUT2D eigenvalue weighted by molar-refractivity contribution is 5.68. The van der Waals surface area contributed by atoms with Crippen molar-refractivity contribution in [1.29, 1.82) is 0 Å². The highest BCUT2D eigenvalue weighted by atomic mass is 19.2. The van der Waals surface area contributed by atoms with Crippen molar-refractivity contribution in [3.05, 3.63) is 48.8 Å². The van der Waals surface area contributed by atoms with Crippen molar-refractivity contribution in [2.75, 3.05) is 0 Å². The van der Waals surface area contributed by atoms with Crippen LogP contribution in [0, 0.1) is 23.1 Å². The molecule has 0 aliphatic heterocycles. The lowest BCUT2D eigenvalue weighted by Crippen LogP contribution is -2.14. The molecule has 114 valence electrons. The van der Waals surface area contributed by atoms with Crippen molar-refractivity contribution in [2.24, 2.45) is 16.3 Å². The zero-order chi connectivity index (χ0) is 16.0. The van der Waals surface area contributed by atoms with E-state index in [1.54, 1.807) is 6.21 Å². The summed E-state index contributed by atoms with van der Waals surface area (Å²) in [5.74, 6) is -2.07. The quantitative estimate of drug-likeness (QED) is 0.383. The molecule has 0 spiro atoms. The standard InChI is InChI=1S/C17H22F2N2/c1-6-7-17(4,5)9-12(2)13(3)10-20-14-8-15(18)16(19)21-11-14/h6,8,10-11,13H,1-2,7,9H2,3-5H3. The molecule has 0 fully saturated rings. The maximum atomic E-state index is 13.0. The molecule has 0 N–H and O–H groups in total. The van der Waals surface area contributed by atoms with E-state index in [1.807, 2.05) is 13.0 Å². The summed E-state index contributed by atoms with van der Waals surface area (Å²) in [4.78, 5) is 7.43. The smallest absolute Gasteiger partial charge is 0.249 e. The minimum atomic E-state index is -1.11. The van der Waals surface area contributed by atoms with E-state index in [-0.39, 0.29) is 11.3 Å². The maximum absolute atomic E-state index is 13.0. The van der Waals surface area contributed by atoms with Crippen molar-refractivity contribution >= 4 is 11.9 Å². The SMILES string of the molecule is C=CCC(C)(C)CC(=C)C(C)C=Nc1cnc(F)c(F)c1. The van der Waals surface area contributed by atoms with Gasteiger partial charge in [-0.25, -0.2) is 9.37 Å². The van der Waals surface area contributed by atoms with Gasteiger partial charge in [0.05, 0.1) is 11.9 Å². The van der Waals surface area contributed by atoms with Gasteiger partial charge < -0.3 is 0 Å². The van der Waals surface area contributed by atoms with E-state index in [0.29, 0.717) is 5.69 Å². The highest BCUT2D eigenvalue weighted by Gasteiger charge is 2.19. The summed E-state index contributed by atoms with van der Waals surface area (Å²) < 4.78 is 25.8. The van der Waals surface area contributed by atoms with E-state index in [0.717, 1.165) is 24.5 Å². The topological polar surface area (TPSA) is 25.2 Å². The van der Waals surface area contributed by atoms with Crippen LogP contribution in [0.1, 0.15) is 33.6 Å². The number of hydrogen-bond acceptors (Lipinski definition) is 2. The zero-order valence-electron chi connectivity index (χ0n) is 12.9. The number of nitrogens with zero attached hydrogens (tertiary/aromatic N) is 2. The predicted molar refractivity (Wildman–Crippen MR) is 83.8 cm³/mol. The van der Waals surface area contributed by atoms with Gasteiger partial charge >= 0.3 is 0 Å². The predicted octanol–water partition coefficient (Wildman–Crippen LogP) is 5.25. The minimum Gasteiger partial charge on any atom is -0.259 e. The molecule has 4 heteroatoms. The van der Waals surface area contributed by atoms with Crippen LogP contribution in [-0.2, 0) is 0 Å². The van der Waals surface area contributed by atoms with Crippen LogP contribution < -0.4 is 0 Å². The first-order valence-corrected chi connectivity index (χ1v) is 6.89. The third-order valence-corrected chi connectivity index (χ3v) is 3.28. The Hall–Kier alpha value is -1.84. The monoisotopic (exact) mass is 292 g/mol.